The molecule has 1 aromatic rings. The number of benzene rings is 1. The van der Waals surface area contributed by atoms with Crippen LogP contribution >= 0.6 is 12.4 Å². The van der Waals surface area contributed by atoms with E-state index in [0.717, 1.165) is 12.8 Å². The fourth-order valence-corrected chi connectivity index (χ4v) is 3.86. The van der Waals surface area contributed by atoms with Gasteiger partial charge in [-0.25, -0.2) is 0 Å². The van der Waals surface area contributed by atoms with Gasteiger partial charge in [-0.3, -0.25) is 4.79 Å². The Hall–Kier alpha value is -1.46. The molecular weight excluding hydrogens is 304 g/mol. The lowest BCUT2D eigenvalue weighted by Crippen LogP contribution is -2.42. The molecule has 0 heterocycles. The second kappa shape index (κ2) is 6.75. The van der Waals surface area contributed by atoms with Crippen LogP contribution in [0.25, 0.3) is 0 Å². The van der Waals surface area contributed by atoms with Gasteiger partial charge in [0.15, 0.2) is 11.5 Å². The Morgan fingerprint density at radius 2 is 1.86 bits per heavy atom. The van der Waals surface area contributed by atoms with Crippen LogP contribution in [-0.4, -0.2) is 26.2 Å². The van der Waals surface area contributed by atoms with Crippen LogP contribution in [0.2, 0.25) is 0 Å². The number of nitrogens with one attached hydrogen (secondary N) is 1. The summed E-state index contributed by atoms with van der Waals surface area (Å²) in [5, 5.41) is 2.97. The molecule has 5 nitrogen and oxygen atoms in total. The fourth-order valence-electron chi connectivity index (χ4n) is 3.86. The smallest absolute Gasteiger partial charge is 0.229 e. The predicted molar refractivity (Wildman–Crippen MR) is 87.7 cm³/mol. The van der Waals surface area contributed by atoms with Crippen molar-refractivity contribution in [2.45, 2.75) is 25.3 Å². The summed E-state index contributed by atoms with van der Waals surface area (Å²) in [7, 11) is 3.17. The van der Waals surface area contributed by atoms with Gasteiger partial charge >= 0.3 is 0 Å². The largest absolute Gasteiger partial charge is 0.493 e. The number of anilines is 1. The number of hydrogen-bond donors (Lipinski definition) is 2. The van der Waals surface area contributed by atoms with Crippen molar-refractivity contribution >= 4 is 24.0 Å². The van der Waals surface area contributed by atoms with Crippen LogP contribution in [0.15, 0.2) is 18.2 Å². The molecule has 2 fully saturated rings. The number of rotatable bonds is 4. The molecule has 1 aromatic carbocycles. The SMILES string of the molecule is COc1ccc(NC(=O)C2C3CCC(C3)C2N)cc1OC.Cl. The topological polar surface area (TPSA) is 73.6 Å². The molecular formula is C16H23ClN2O3. The third-order valence-electron chi connectivity index (χ3n) is 4.93. The molecule has 2 aliphatic rings. The summed E-state index contributed by atoms with van der Waals surface area (Å²) in [4.78, 5) is 12.5. The maximum Gasteiger partial charge on any atom is 0.229 e. The highest BCUT2D eigenvalue weighted by Crippen LogP contribution is 2.48. The fraction of sp³-hybridized carbons (Fsp3) is 0.562. The quantitative estimate of drug-likeness (QED) is 0.891. The minimum Gasteiger partial charge on any atom is -0.493 e. The molecule has 2 saturated carbocycles. The van der Waals surface area contributed by atoms with E-state index in [0.29, 0.717) is 29.0 Å². The maximum absolute atomic E-state index is 12.5. The Morgan fingerprint density at radius 3 is 2.45 bits per heavy atom. The number of nitrogens with two attached hydrogens (primary N) is 1. The summed E-state index contributed by atoms with van der Waals surface area (Å²) in [6.07, 6.45) is 3.40. The van der Waals surface area contributed by atoms with Gasteiger partial charge in [0.1, 0.15) is 0 Å². The summed E-state index contributed by atoms with van der Waals surface area (Å²) >= 11 is 0. The molecule has 0 saturated heterocycles. The molecule has 122 valence electrons. The maximum atomic E-state index is 12.5. The highest BCUT2D eigenvalue weighted by molar-refractivity contribution is 5.94. The zero-order valence-corrected chi connectivity index (χ0v) is 13.7. The van der Waals surface area contributed by atoms with Crippen molar-refractivity contribution in [1.29, 1.82) is 0 Å². The highest BCUT2D eigenvalue weighted by Gasteiger charge is 2.49. The van der Waals surface area contributed by atoms with E-state index >= 15 is 0 Å². The first-order chi connectivity index (χ1) is 10.1. The first-order valence-corrected chi connectivity index (χ1v) is 7.42. The van der Waals surface area contributed by atoms with Crippen LogP contribution in [0.4, 0.5) is 5.69 Å². The average Bonchev–Trinajstić information content (AvgIpc) is 3.07. The summed E-state index contributed by atoms with van der Waals surface area (Å²) in [6, 6.07) is 5.38. The van der Waals surface area contributed by atoms with Gasteiger partial charge in [-0.2, -0.15) is 0 Å². The number of hydrogen-bond acceptors (Lipinski definition) is 4. The van der Waals surface area contributed by atoms with Gasteiger partial charge in [0.25, 0.3) is 0 Å². The van der Waals surface area contributed by atoms with Gasteiger partial charge in [0, 0.05) is 17.8 Å². The van der Waals surface area contributed by atoms with Gasteiger partial charge in [-0.1, -0.05) is 0 Å². The molecule has 4 atom stereocenters. The molecule has 3 N–H and O–H groups in total. The van der Waals surface area contributed by atoms with Crippen LogP contribution < -0.4 is 20.5 Å². The lowest BCUT2D eigenvalue weighted by atomic mass is 9.84. The van der Waals surface area contributed by atoms with Crippen LogP contribution in [0, 0.1) is 17.8 Å². The van der Waals surface area contributed by atoms with Gasteiger partial charge in [-0.15, -0.1) is 12.4 Å². The van der Waals surface area contributed by atoms with Crippen molar-refractivity contribution in [3.63, 3.8) is 0 Å². The van der Waals surface area contributed by atoms with Gasteiger partial charge in [0.2, 0.25) is 5.91 Å². The summed E-state index contributed by atoms with van der Waals surface area (Å²) < 4.78 is 10.4. The predicted octanol–water partition coefficient (Wildman–Crippen LogP) is 2.44. The number of amides is 1. The normalized spacial score (nSPS) is 28.9. The number of carbonyl (C=O) groups is 1. The van der Waals surface area contributed by atoms with Crippen LogP contribution in [0.3, 0.4) is 0 Å². The van der Waals surface area contributed by atoms with Crippen molar-refractivity contribution in [3.05, 3.63) is 18.2 Å². The van der Waals surface area contributed by atoms with Crippen molar-refractivity contribution in [2.24, 2.45) is 23.5 Å². The summed E-state index contributed by atoms with van der Waals surface area (Å²) in [5.41, 5.74) is 6.93. The molecule has 2 bridgehead atoms. The number of fused-ring (bicyclic) bond motifs is 2. The van der Waals surface area contributed by atoms with E-state index in [4.69, 9.17) is 15.2 Å². The highest BCUT2D eigenvalue weighted by atomic mass is 35.5. The monoisotopic (exact) mass is 326 g/mol. The Balaban J connectivity index is 0.00000176. The zero-order valence-electron chi connectivity index (χ0n) is 12.9. The van der Waals surface area contributed by atoms with E-state index in [1.165, 1.54) is 6.42 Å². The summed E-state index contributed by atoms with van der Waals surface area (Å²) in [6.45, 7) is 0. The lowest BCUT2D eigenvalue weighted by molar-refractivity contribution is -0.121. The zero-order chi connectivity index (χ0) is 15.0. The molecule has 6 heteroatoms. The standard InChI is InChI=1S/C16H22N2O3.ClH/c1-20-12-6-5-11(8-13(12)21-2)18-16(19)14-9-3-4-10(7-9)15(14)17;/h5-6,8-10,14-15H,3-4,7,17H2,1-2H3,(H,18,19);1H. The molecule has 22 heavy (non-hydrogen) atoms. The number of carbonyl (C=O) groups excluding carboxylic acids is 1. The minimum absolute atomic E-state index is 0. The molecule has 1 amide bonds. The first-order valence-electron chi connectivity index (χ1n) is 7.42. The van der Waals surface area contributed by atoms with Crippen molar-refractivity contribution < 1.29 is 14.3 Å². The molecule has 4 unspecified atom stereocenters. The van der Waals surface area contributed by atoms with Crippen molar-refractivity contribution in [1.82, 2.24) is 0 Å². The molecule has 0 aromatic heterocycles. The van der Waals surface area contributed by atoms with E-state index in [1.54, 1.807) is 26.4 Å². The van der Waals surface area contributed by atoms with E-state index in [-0.39, 0.29) is 30.3 Å². The number of ether oxygens (including phenoxy) is 2. The van der Waals surface area contributed by atoms with E-state index in [1.807, 2.05) is 6.07 Å². The van der Waals surface area contributed by atoms with E-state index < -0.39 is 0 Å². The molecule has 0 spiro atoms. The van der Waals surface area contributed by atoms with Crippen molar-refractivity contribution in [2.75, 3.05) is 19.5 Å². The van der Waals surface area contributed by atoms with Crippen LogP contribution in [0.5, 0.6) is 11.5 Å². The number of methoxy groups -OCH3 is 2. The van der Waals surface area contributed by atoms with Crippen molar-refractivity contribution in [3.8, 4) is 11.5 Å². The van der Waals surface area contributed by atoms with Crippen LogP contribution in [0.1, 0.15) is 19.3 Å². The van der Waals surface area contributed by atoms with E-state index in [2.05, 4.69) is 5.32 Å². The summed E-state index contributed by atoms with van der Waals surface area (Å²) in [5.74, 6) is 2.19. The molecule has 3 rings (SSSR count). The Bertz CT molecular complexity index is 550. The molecule has 0 aliphatic heterocycles. The third-order valence-corrected chi connectivity index (χ3v) is 4.93. The number of halogens is 1. The Morgan fingerprint density at radius 1 is 1.18 bits per heavy atom. The average molecular weight is 327 g/mol. The lowest BCUT2D eigenvalue weighted by Gasteiger charge is -2.27. The Kier molecular flexibility index (Phi) is 5.19. The van der Waals surface area contributed by atoms with Crippen LogP contribution in [-0.2, 0) is 4.79 Å². The second-order valence-electron chi connectivity index (χ2n) is 6.00. The molecule has 0 radical (unpaired) electrons. The second-order valence-corrected chi connectivity index (χ2v) is 6.00. The first kappa shape index (κ1) is 16.9. The van der Waals surface area contributed by atoms with Gasteiger partial charge < -0.3 is 20.5 Å². The minimum atomic E-state index is -0.0585. The third kappa shape index (κ3) is 2.88. The van der Waals surface area contributed by atoms with Gasteiger partial charge in [-0.05, 0) is 43.2 Å². The Labute approximate surface area is 137 Å². The van der Waals surface area contributed by atoms with E-state index in [9.17, 15) is 4.79 Å². The molecule has 2 aliphatic carbocycles. The van der Waals surface area contributed by atoms with Gasteiger partial charge in [0.05, 0.1) is 20.1 Å².